The van der Waals surface area contributed by atoms with Crippen molar-refractivity contribution >= 4 is 16.8 Å². The predicted molar refractivity (Wildman–Crippen MR) is 72.1 cm³/mol. The number of hydrogen-bond donors (Lipinski definition) is 1. The second-order valence-electron chi connectivity index (χ2n) is 4.19. The molecule has 18 heavy (non-hydrogen) atoms. The standard InChI is InChI=1S/C15H14N2O/c1-3-5-11(2)17-15(18)13-7-8-14-12(10-13)6-4-9-16-14/h1,4,6-11H,5H2,2H3,(H,17,18). The molecular formula is C15H14N2O. The fourth-order valence-electron chi connectivity index (χ4n) is 1.75. The lowest BCUT2D eigenvalue weighted by Gasteiger charge is -2.11. The summed E-state index contributed by atoms with van der Waals surface area (Å²) in [5.74, 6) is 2.42. The van der Waals surface area contributed by atoms with Crippen LogP contribution < -0.4 is 5.32 Å². The minimum Gasteiger partial charge on any atom is -0.349 e. The van der Waals surface area contributed by atoms with Crippen LogP contribution in [0.5, 0.6) is 0 Å². The molecule has 1 amide bonds. The van der Waals surface area contributed by atoms with Crippen molar-refractivity contribution in [2.45, 2.75) is 19.4 Å². The van der Waals surface area contributed by atoms with Crippen LogP contribution in [-0.4, -0.2) is 16.9 Å². The van der Waals surface area contributed by atoms with E-state index in [0.717, 1.165) is 10.9 Å². The van der Waals surface area contributed by atoms with Crippen LogP contribution >= 0.6 is 0 Å². The first-order valence-corrected chi connectivity index (χ1v) is 5.80. The summed E-state index contributed by atoms with van der Waals surface area (Å²) in [6, 6.07) is 9.21. The summed E-state index contributed by atoms with van der Waals surface area (Å²) < 4.78 is 0. The highest BCUT2D eigenvalue weighted by atomic mass is 16.1. The maximum Gasteiger partial charge on any atom is 0.251 e. The van der Waals surface area contributed by atoms with Crippen LogP contribution in [0.4, 0.5) is 0 Å². The molecule has 1 unspecified atom stereocenters. The van der Waals surface area contributed by atoms with E-state index in [4.69, 9.17) is 6.42 Å². The third-order valence-corrected chi connectivity index (χ3v) is 2.67. The highest BCUT2D eigenvalue weighted by Crippen LogP contribution is 2.13. The van der Waals surface area contributed by atoms with E-state index in [9.17, 15) is 4.79 Å². The third-order valence-electron chi connectivity index (χ3n) is 2.67. The van der Waals surface area contributed by atoms with Gasteiger partial charge in [-0.25, -0.2) is 0 Å². The van der Waals surface area contributed by atoms with E-state index in [1.807, 2.05) is 31.2 Å². The second-order valence-corrected chi connectivity index (χ2v) is 4.19. The lowest BCUT2D eigenvalue weighted by atomic mass is 10.1. The Bertz CT molecular complexity index is 613. The summed E-state index contributed by atoms with van der Waals surface area (Å²) >= 11 is 0. The van der Waals surface area contributed by atoms with Gasteiger partial charge in [0.25, 0.3) is 5.91 Å². The van der Waals surface area contributed by atoms with Crippen LogP contribution in [-0.2, 0) is 0 Å². The average Bonchev–Trinajstić information content (AvgIpc) is 2.38. The fraction of sp³-hybridized carbons (Fsp3) is 0.200. The van der Waals surface area contributed by atoms with Crippen molar-refractivity contribution in [2.24, 2.45) is 0 Å². The molecule has 1 N–H and O–H groups in total. The number of carbonyl (C=O) groups is 1. The van der Waals surface area contributed by atoms with Crippen molar-refractivity contribution in [1.29, 1.82) is 0 Å². The number of fused-ring (bicyclic) bond motifs is 1. The molecular weight excluding hydrogens is 224 g/mol. The van der Waals surface area contributed by atoms with Gasteiger partial charge in [-0.15, -0.1) is 12.3 Å². The molecule has 0 bridgehead atoms. The van der Waals surface area contributed by atoms with Gasteiger partial charge < -0.3 is 5.32 Å². The first-order chi connectivity index (χ1) is 8.70. The molecule has 0 aliphatic heterocycles. The highest BCUT2D eigenvalue weighted by molar-refractivity contribution is 5.98. The van der Waals surface area contributed by atoms with Crippen LogP contribution in [0.15, 0.2) is 36.5 Å². The monoisotopic (exact) mass is 238 g/mol. The normalized spacial score (nSPS) is 11.8. The zero-order valence-electron chi connectivity index (χ0n) is 10.2. The van der Waals surface area contributed by atoms with Crippen molar-refractivity contribution in [1.82, 2.24) is 10.3 Å². The Hall–Kier alpha value is -2.34. The lowest BCUT2D eigenvalue weighted by Crippen LogP contribution is -2.32. The first-order valence-electron chi connectivity index (χ1n) is 5.80. The SMILES string of the molecule is C#CCC(C)NC(=O)c1ccc2ncccc2c1. The first kappa shape index (κ1) is 12.1. The van der Waals surface area contributed by atoms with Crippen molar-refractivity contribution < 1.29 is 4.79 Å². The topological polar surface area (TPSA) is 42.0 Å². The molecule has 2 aromatic rings. The van der Waals surface area contributed by atoms with Crippen LogP contribution in [0.2, 0.25) is 0 Å². The predicted octanol–water partition coefficient (Wildman–Crippen LogP) is 2.38. The molecule has 0 saturated heterocycles. The molecule has 1 atom stereocenters. The fourth-order valence-corrected chi connectivity index (χ4v) is 1.75. The lowest BCUT2D eigenvalue weighted by molar-refractivity contribution is 0.0941. The minimum atomic E-state index is -0.108. The maximum atomic E-state index is 12.0. The van der Waals surface area contributed by atoms with Gasteiger partial charge >= 0.3 is 0 Å². The molecule has 0 fully saturated rings. The molecule has 1 aromatic heterocycles. The Labute approximate surface area is 106 Å². The van der Waals surface area contributed by atoms with Crippen molar-refractivity contribution in [2.75, 3.05) is 0 Å². The van der Waals surface area contributed by atoms with Crippen LogP contribution in [0.1, 0.15) is 23.7 Å². The van der Waals surface area contributed by atoms with Gasteiger partial charge in [0.15, 0.2) is 0 Å². The molecule has 0 saturated carbocycles. The quantitative estimate of drug-likeness (QED) is 0.834. The van der Waals surface area contributed by atoms with Gasteiger partial charge in [0, 0.05) is 29.6 Å². The van der Waals surface area contributed by atoms with Crippen molar-refractivity contribution in [3.63, 3.8) is 0 Å². The Morgan fingerprint density at radius 2 is 2.33 bits per heavy atom. The van der Waals surface area contributed by atoms with Crippen molar-refractivity contribution in [3.8, 4) is 12.3 Å². The van der Waals surface area contributed by atoms with Gasteiger partial charge in [0.1, 0.15) is 0 Å². The average molecular weight is 238 g/mol. The van der Waals surface area contributed by atoms with E-state index < -0.39 is 0 Å². The summed E-state index contributed by atoms with van der Waals surface area (Å²) in [7, 11) is 0. The number of pyridine rings is 1. The Balaban J connectivity index is 2.21. The Kier molecular flexibility index (Phi) is 3.59. The zero-order valence-corrected chi connectivity index (χ0v) is 10.2. The molecule has 1 heterocycles. The summed E-state index contributed by atoms with van der Waals surface area (Å²) in [5.41, 5.74) is 1.50. The summed E-state index contributed by atoms with van der Waals surface area (Å²) in [5, 5.41) is 3.81. The number of hydrogen-bond acceptors (Lipinski definition) is 2. The Morgan fingerprint density at radius 1 is 1.50 bits per heavy atom. The van der Waals surface area contributed by atoms with Gasteiger partial charge in [0.2, 0.25) is 0 Å². The molecule has 3 nitrogen and oxygen atoms in total. The van der Waals surface area contributed by atoms with Crippen LogP contribution in [0.25, 0.3) is 10.9 Å². The van der Waals surface area contributed by atoms with E-state index in [2.05, 4.69) is 16.2 Å². The number of nitrogens with zero attached hydrogens (tertiary/aromatic N) is 1. The van der Waals surface area contributed by atoms with E-state index >= 15 is 0 Å². The number of amides is 1. The minimum absolute atomic E-state index is 0.0212. The van der Waals surface area contributed by atoms with Crippen LogP contribution in [0, 0.1) is 12.3 Å². The van der Waals surface area contributed by atoms with E-state index in [1.54, 1.807) is 12.3 Å². The maximum absolute atomic E-state index is 12.0. The number of rotatable bonds is 3. The third kappa shape index (κ3) is 2.67. The van der Waals surface area contributed by atoms with Gasteiger partial charge in [-0.1, -0.05) is 6.07 Å². The van der Waals surface area contributed by atoms with Crippen molar-refractivity contribution in [3.05, 3.63) is 42.1 Å². The second kappa shape index (κ2) is 5.33. The van der Waals surface area contributed by atoms with Gasteiger partial charge in [-0.3, -0.25) is 9.78 Å². The molecule has 2 rings (SSSR count). The van der Waals surface area contributed by atoms with Crippen LogP contribution in [0.3, 0.4) is 0 Å². The van der Waals surface area contributed by atoms with Gasteiger partial charge in [-0.2, -0.15) is 0 Å². The smallest absolute Gasteiger partial charge is 0.251 e. The van der Waals surface area contributed by atoms with Gasteiger partial charge in [0.05, 0.1) is 5.52 Å². The van der Waals surface area contributed by atoms with E-state index in [1.165, 1.54) is 0 Å². The molecule has 0 aliphatic rings. The highest BCUT2D eigenvalue weighted by Gasteiger charge is 2.09. The molecule has 0 radical (unpaired) electrons. The van der Waals surface area contributed by atoms with E-state index in [0.29, 0.717) is 12.0 Å². The molecule has 90 valence electrons. The largest absolute Gasteiger partial charge is 0.349 e. The molecule has 0 aliphatic carbocycles. The Morgan fingerprint density at radius 3 is 3.11 bits per heavy atom. The number of terminal acetylenes is 1. The number of aromatic nitrogens is 1. The number of carbonyl (C=O) groups excluding carboxylic acids is 1. The molecule has 1 aromatic carbocycles. The summed E-state index contributed by atoms with van der Waals surface area (Å²) in [6.07, 6.45) is 7.47. The zero-order chi connectivity index (χ0) is 13.0. The molecule has 3 heteroatoms. The molecule has 0 spiro atoms. The summed E-state index contributed by atoms with van der Waals surface area (Å²) in [6.45, 7) is 1.89. The van der Waals surface area contributed by atoms with Gasteiger partial charge in [-0.05, 0) is 31.2 Å². The summed E-state index contributed by atoms with van der Waals surface area (Å²) in [4.78, 5) is 16.2. The number of benzene rings is 1. The number of nitrogens with one attached hydrogen (secondary N) is 1. The van der Waals surface area contributed by atoms with E-state index in [-0.39, 0.29) is 11.9 Å².